The van der Waals surface area contributed by atoms with Gasteiger partial charge < -0.3 is 40.2 Å². The van der Waals surface area contributed by atoms with E-state index in [-0.39, 0.29) is 0 Å². The van der Waals surface area contributed by atoms with Crippen LogP contribution in [0.3, 0.4) is 0 Å². The maximum Gasteiger partial charge on any atom is 0.0701 e. The Kier molecular flexibility index (Phi) is 11.5. The Morgan fingerprint density at radius 1 is 0.375 bits per heavy atom. The Labute approximate surface area is 191 Å². The molecule has 8 heteroatoms. The number of benzene rings is 2. The minimum Gasteiger partial charge on any atom is -0.381 e. The van der Waals surface area contributed by atoms with Gasteiger partial charge in [-0.3, -0.25) is 0 Å². The monoisotopic (exact) mass is 444 g/mol. The number of fused-ring (bicyclic) bond motifs is 2. The van der Waals surface area contributed by atoms with Crippen molar-refractivity contribution in [2.75, 3.05) is 100 Å². The molecular formula is C24H36N4O4. The van der Waals surface area contributed by atoms with Crippen LogP contribution in [0.1, 0.15) is 0 Å². The molecule has 0 spiro atoms. The second kappa shape index (κ2) is 15.3. The zero-order valence-corrected chi connectivity index (χ0v) is 18.7. The third-order valence-corrected chi connectivity index (χ3v) is 4.85. The number of hydrogen-bond acceptors (Lipinski definition) is 8. The van der Waals surface area contributed by atoms with E-state index in [2.05, 4.69) is 45.5 Å². The van der Waals surface area contributed by atoms with E-state index in [1.54, 1.807) is 0 Å². The molecule has 1 aliphatic rings. The molecule has 0 aromatic heterocycles. The van der Waals surface area contributed by atoms with Crippen LogP contribution in [0.15, 0.2) is 48.5 Å². The highest BCUT2D eigenvalue weighted by atomic mass is 16.5. The molecule has 2 aromatic carbocycles. The number of ether oxygens (including phenoxy) is 4. The quantitative estimate of drug-likeness (QED) is 0.493. The van der Waals surface area contributed by atoms with Gasteiger partial charge in [0.25, 0.3) is 0 Å². The first kappa shape index (κ1) is 24.1. The Hall–Kier alpha value is -2.52. The molecule has 2 aromatic rings. The topological polar surface area (TPSA) is 85.0 Å². The Balaban J connectivity index is 1.44. The molecule has 1 aliphatic heterocycles. The molecule has 8 nitrogen and oxygen atoms in total. The van der Waals surface area contributed by atoms with Crippen molar-refractivity contribution >= 4 is 22.7 Å². The summed E-state index contributed by atoms with van der Waals surface area (Å²) in [6.07, 6.45) is 0. The fourth-order valence-corrected chi connectivity index (χ4v) is 3.26. The van der Waals surface area contributed by atoms with Crippen molar-refractivity contribution in [2.45, 2.75) is 0 Å². The van der Waals surface area contributed by atoms with Gasteiger partial charge in [-0.05, 0) is 24.3 Å². The predicted octanol–water partition coefficient (Wildman–Crippen LogP) is 3.11. The van der Waals surface area contributed by atoms with Crippen LogP contribution in [-0.4, -0.2) is 79.0 Å². The van der Waals surface area contributed by atoms with Gasteiger partial charge >= 0.3 is 0 Å². The molecule has 0 atom stereocenters. The number of hydrogen-bond donors (Lipinski definition) is 4. The van der Waals surface area contributed by atoms with Crippen molar-refractivity contribution < 1.29 is 18.9 Å². The highest BCUT2D eigenvalue weighted by Crippen LogP contribution is 2.21. The molecule has 176 valence electrons. The molecule has 0 unspecified atom stereocenters. The van der Waals surface area contributed by atoms with E-state index in [1.165, 1.54) is 0 Å². The summed E-state index contributed by atoms with van der Waals surface area (Å²) in [6, 6.07) is 16.3. The van der Waals surface area contributed by atoms with Crippen LogP contribution in [0.4, 0.5) is 22.7 Å². The molecule has 32 heavy (non-hydrogen) atoms. The number of anilines is 4. The molecule has 0 saturated heterocycles. The second-order valence-corrected chi connectivity index (χ2v) is 7.25. The van der Waals surface area contributed by atoms with Crippen LogP contribution in [0.5, 0.6) is 0 Å². The first-order chi connectivity index (χ1) is 15.9. The van der Waals surface area contributed by atoms with E-state index in [1.807, 2.05) is 24.3 Å². The average Bonchev–Trinajstić information content (AvgIpc) is 2.82. The highest BCUT2D eigenvalue weighted by molar-refractivity contribution is 5.69. The predicted molar refractivity (Wildman–Crippen MR) is 130 cm³/mol. The van der Waals surface area contributed by atoms with Gasteiger partial charge in [0.1, 0.15) is 0 Å². The van der Waals surface area contributed by atoms with Crippen molar-refractivity contribution in [2.24, 2.45) is 0 Å². The van der Waals surface area contributed by atoms with Crippen molar-refractivity contribution in [1.29, 1.82) is 0 Å². The van der Waals surface area contributed by atoms with Crippen LogP contribution in [-0.2, 0) is 18.9 Å². The third kappa shape index (κ3) is 9.32. The second-order valence-electron chi connectivity index (χ2n) is 7.25. The highest BCUT2D eigenvalue weighted by Gasteiger charge is 2.02. The normalized spacial score (nSPS) is 18.2. The number of rotatable bonds is 0. The summed E-state index contributed by atoms with van der Waals surface area (Å²) >= 11 is 0. The lowest BCUT2D eigenvalue weighted by Gasteiger charge is -2.15. The summed E-state index contributed by atoms with van der Waals surface area (Å²) in [5, 5.41) is 13.7. The Morgan fingerprint density at radius 3 is 0.875 bits per heavy atom. The van der Waals surface area contributed by atoms with E-state index in [0.717, 1.165) is 48.9 Å². The molecule has 0 aliphatic carbocycles. The van der Waals surface area contributed by atoms with Crippen LogP contribution in [0, 0.1) is 0 Å². The van der Waals surface area contributed by atoms with Gasteiger partial charge in [0, 0.05) is 26.2 Å². The van der Waals surface area contributed by atoms with Gasteiger partial charge in [0.2, 0.25) is 0 Å². The average molecular weight is 445 g/mol. The van der Waals surface area contributed by atoms with Crippen molar-refractivity contribution in [3.8, 4) is 0 Å². The van der Waals surface area contributed by atoms with Gasteiger partial charge in [-0.15, -0.1) is 0 Å². The minimum absolute atomic E-state index is 0.580. The maximum absolute atomic E-state index is 5.67. The number of nitrogens with one attached hydrogen (secondary N) is 4. The van der Waals surface area contributed by atoms with Gasteiger partial charge in [-0.1, -0.05) is 24.3 Å². The smallest absolute Gasteiger partial charge is 0.0701 e. The van der Waals surface area contributed by atoms with E-state index in [0.29, 0.717) is 52.9 Å². The zero-order chi connectivity index (χ0) is 22.1. The van der Waals surface area contributed by atoms with Crippen LogP contribution in [0.25, 0.3) is 0 Å². The van der Waals surface area contributed by atoms with Crippen molar-refractivity contribution in [3.05, 3.63) is 48.5 Å². The van der Waals surface area contributed by atoms with Crippen LogP contribution >= 0.6 is 0 Å². The van der Waals surface area contributed by atoms with Gasteiger partial charge in [0.15, 0.2) is 0 Å². The summed E-state index contributed by atoms with van der Waals surface area (Å²) < 4.78 is 22.7. The van der Waals surface area contributed by atoms with Crippen molar-refractivity contribution in [3.63, 3.8) is 0 Å². The lowest BCUT2D eigenvalue weighted by Crippen LogP contribution is -2.18. The van der Waals surface area contributed by atoms with Gasteiger partial charge in [0.05, 0.1) is 75.6 Å². The SMILES string of the molecule is c1ccc2c(c1)NCCOCCOCCNc1ccccc1NCCOCCOCCN2. The Bertz CT molecular complexity index is 637. The molecule has 4 N–H and O–H groups in total. The molecule has 0 radical (unpaired) electrons. The fraction of sp³-hybridized carbons (Fsp3) is 0.500. The largest absolute Gasteiger partial charge is 0.381 e. The lowest BCUT2D eigenvalue weighted by molar-refractivity contribution is 0.0555. The molecule has 0 saturated carbocycles. The zero-order valence-electron chi connectivity index (χ0n) is 18.7. The van der Waals surface area contributed by atoms with E-state index < -0.39 is 0 Å². The molecular weight excluding hydrogens is 408 g/mol. The first-order valence-electron chi connectivity index (χ1n) is 11.4. The molecule has 0 amide bonds. The van der Waals surface area contributed by atoms with E-state index in [9.17, 15) is 0 Å². The Morgan fingerprint density at radius 2 is 0.625 bits per heavy atom. The summed E-state index contributed by atoms with van der Waals surface area (Å²) in [6.45, 7) is 7.75. The third-order valence-electron chi connectivity index (χ3n) is 4.85. The standard InChI is InChI=1S/C24H36N4O4/c1-2-6-22-21(5-1)25-9-13-29-17-18-31-15-11-27-23-7-3-4-8-24(23)28-12-16-32-20-19-30-14-10-26-22/h1-8,25-28H,9-20H2. The molecule has 3 rings (SSSR count). The first-order valence-corrected chi connectivity index (χ1v) is 11.4. The van der Waals surface area contributed by atoms with Crippen LogP contribution < -0.4 is 21.3 Å². The summed E-state index contributed by atoms with van der Waals surface area (Å²) in [5.74, 6) is 0. The fourth-order valence-electron chi connectivity index (χ4n) is 3.26. The minimum atomic E-state index is 0.580. The van der Waals surface area contributed by atoms with Crippen molar-refractivity contribution in [1.82, 2.24) is 0 Å². The summed E-state index contributed by atoms with van der Waals surface area (Å²) in [4.78, 5) is 0. The summed E-state index contributed by atoms with van der Waals surface area (Å²) in [5.41, 5.74) is 4.24. The van der Waals surface area contributed by atoms with Gasteiger partial charge in [-0.2, -0.15) is 0 Å². The summed E-state index contributed by atoms with van der Waals surface area (Å²) in [7, 11) is 0. The van der Waals surface area contributed by atoms with Gasteiger partial charge in [-0.25, -0.2) is 0 Å². The lowest BCUT2D eigenvalue weighted by atomic mass is 10.2. The molecule has 0 fully saturated rings. The van der Waals surface area contributed by atoms with Crippen LogP contribution in [0.2, 0.25) is 0 Å². The van der Waals surface area contributed by atoms with E-state index in [4.69, 9.17) is 18.9 Å². The number of para-hydroxylation sites is 4. The molecule has 1 heterocycles. The maximum atomic E-state index is 5.67. The van der Waals surface area contributed by atoms with E-state index >= 15 is 0 Å². The molecule has 0 bridgehead atoms.